The molecule has 0 saturated heterocycles. The van der Waals surface area contributed by atoms with Crippen molar-refractivity contribution >= 4 is 23.3 Å². The molecule has 0 unspecified atom stereocenters. The second kappa shape index (κ2) is 7.73. The molecule has 3 aromatic rings. The summed E-state index contributed by atoms with van der Waals surface area (Å²) in [6.45, 7) is 0.294. The van der Waals surface area contributed by atoms with Gasteiger partial charge in [-0.15, -0.1) is 0 Å². The quantitative estimate of drug-likeness (QED) is 0.409. The number of anilines is 1. The number of benzene rings is 3. The molecular weight excluding hydrogens is 338 g/mol. The molecule has 0 fully saturated rings. The van der Waals surface area contributed by atoms with Crippen LogP contribution in [0.3, 0.4) is 0 Å². The summed E-state index contributed by atoms with van der Waals surface area (Å²) >= 11 is 6.04. The van der Waals surface area contributed by atoms with Gasteiger partial charge < -0.3 is 15.2 Å². The Morgan fingerprint density at radius 3 is 2.28 bits per heavy atom. The van der Waals surface area contributed by atoms with Gasteiger partial charge in [-0.3, -0.25) is 0 Å². The van der Waals surface area contributed by atoms with Gasteiger partial charge in [0.15, 0.2) is 11.5 Å². The summed E-state index contributed by atoms with van der Waals surface area (Å²) < 4.78 is 11.2. The molecular formula is C20H16ClNO3. The van der Waals surface area contributed by atoms with Crippen LogP contribution in [0.5, 0.6) is 11.5 Å². The molecule has 0 radical (unpaired) electrons. The lowest BCUT2D eigenvalue weighted by Crippen LogP contribution is -2.10. The lowest BCUT2D eigenvalue weighted by atomic mass is 10.2. The summed E-state index contributed by atoms with van der Waals surface area (Å²) in [5, 5.41) is 0.362. The number of ether oxygens (including phenoxy) is 2. The molecule has 0 bridgehead atoms. The number of hydrogen-bond acceptors (Lipinski definition) is 4. The molecule has 3 aromatic carbocycles. The van der Waals surface area contributed by atoms with Gasteiger partial charge >= 0.3 is 5.97 Å². The van der Waals surface area contributed by atoms with Gasteiger partial charge in [0.25, 0.3) is 0 Å². The Kier molecular flexibility index (Phi) is 5.21. The zero-order valence-corrected chi connectivity index (χ0v) is 14.1. The molecule has 126 valence electrons. The first-order valence-corrected chi connectivity index (χ1v) is 8.04. The number of carbonyl (C=O) groups is 1. The first kappa shape index (κ1) is 16.9. The smallest absolute Gasteiger partial charge is 0.343 e. The lowest BCUT2D eigenvalue weighted by molar-refractivity contribution is 0.0728. The predicted octanol–water partition coefficient (Wildman–Crippen LogP) is 4.72. The normalized spacial score (nSPS) is 10.3. The first-order chi connectivity index (χ1) is 12.1. The minimum absolute atomic E-state index is 0.190. The molecule has 0 aliphatic carbocycles. The van der Waals surface area contributed by atoms with Gasteiger partial charge in [0.05, 0.1) is 11.3 Å². The van der Waals surface area contributed by atoms with Crippen molar-refractivity contribution < 1.29 is 14.3 Å². The van der Waals surface area contributed by atoms with Gasteiger partial charge in [-0.05, 0) is 23.8 Å². The fourth-order valence-electron chi connectivity index (χ4n) is 2.28. The number of nitrogen functional groups attached to an aromatic ring is 1. The van der Waals surface area contributed by atoms with Gasteiger partial charge in [-0.1, -0.05) is 60.1 Å². The van der Waals surface area contributed by atoms with Crippen LogP contribution >= 0.6 is 11.6 Å². The summed E-state index contributed by atoms with van der Waals surface area (Å²) in [4.78, 5) is 12.3. The van der Waals surface area contributed by atoms with Crippen molar-refractivity contribution in [2.24, 2.45) is 0 Å². The standard InChI is InChI=1S/C20H16ClNO3/c21-16-11-17(22)19(24-13-14-7-3-1-4-8-14)18(12-16)25-20(23)15-9-5-2-6-10-15/h1-12H,13,22H2. The van der Waals surface area contributed by atoms with Crippen molar-refractivity contribution in [2.45, 2.75) is 6.61 Å². The molecule has 0 amide bonds. The van der Waals surface area contributed by atoms with Crippen LogP contribution in [0, 0.1) is 0 Å². The van der Waals surface area contributed by atoms with E-state index in [1.807, 2.05) is 36.4 Å². The molecule has 3 rings (SSSR count). The summed E-state index contributed by atoms with van der Waals surface area (Å²) in [7, 11) is 0. The predicted molar refractivity (Wildman–Crippen MR) is 98.0 cm³/mol. The SMILES string of the molecule is Nc1cc(Cl)cc(OC(=O)c2ccccc2)c1OCc1ccccc1. The van der Waals surface area contributed by atoms with E-state index in [9.17, 15) is 4.79 Å². The number of hydrogen-bond donors (Lipinski definition) is 1. The molecule has 0 aliphatic heterocycles. The van der Waals surface area contributed by atoms with Gasteiger partial charge in [-0.25, -0.2) is 4.79 Å². The Bertz CT molecular complexity index is 867. The highest BCUT2D eigenvalue weighted by Gasteiger charge is 2.16. The molecule has 25 heavy (non-hydrogen) atoms. The molecule has 2 N–H and O–H groups in total. The van der Waals surface area contributed by atoms with Gasteiger partial charge in [0.2, 0.25) is 0 Å². The third kappa shape index (κ3) is 4.31. The molecule has 0 aromatic heterocycles. The first-order valence-electron chi connectivity index (χ1n) is 7.66. The van der Waals surface area contributed by atoms with Crippen molar-refractivity contribution in [3.63, 3.8) is 0 Å². The van der Waals surface area contributed by atoms with Crippen LogP contribution in [-0.4, -0.2) is 5.97 Å². The van der Waals surface area contributed by atoms with Crippen molar-refractivity contribution in [1.29, 1.82) is 0 Å². The van der Waals surface area contributed by atoms with Gasteiger partial charge in [-0.2, -0.15) is 0 Å². The van der Waals surface area contributed by atoms with Crippen LogP contribution in [0.25, 0.3) is 0 Å². The summed E-state index contributed by atoms with van der Waals surface area (Å²) in [6.07, 6.45) is 0. The Morgan fingerprint density at radius 1 is 0.960 bits per heavy atom. The fraction of sp³-hybridized carbons (Fsp3) is 0.0500. The average molecular weight is 354 g/mol. The van der Waals surface area contributed by atoms with Crippen LogP contribution in [0.15, 0.2) is 72.8 Å². The fourth-order valence-corrected chi connectivity index (χ4v) is 2.50. The van der Waals surface area contributed by atoms with Crippen LogP contribution in [0.4, 0.5) is 5.69 Å². The highest BCUT2D eigenvalue weighted by molar-refractivity contribution is 6.31. The van der Waals surface area contributed by atoms with E-state index in [1.165, 1.54) is 6.07 Å². The molecule has 5 heteroatoms. The van der Waals surface area contributed by atoms with E-state index in [-0.39, 0.29) is 11.5 Å². The summed E-state index contributed by atoms with van der Waals surface area (Å²) in [5.74, 6) is -0.0286. The van der Waals surface area contributed by atoms with Gasteiger partial charge in [0.1, 0.15) is 6.61 Å². The van der Waals surface area contributed by atoms with Crippen LogP contribution in [0.1, 0.15) is 15.9 Å². The number of esters is 1. The minimum Gasteiger partial charge on any atom is -0.483 e. The number of rotatable bonds is 5. The third-order valence-electron chi connectivity index (χ3n) is 3.49. The summed E-state index contributed by atoms with van der Waals surface area (Å²) in [5.41, 5.74) is 7.70. The van der Waals surface area contributed by atoms with Crippen LogP contribution in [-0.2, 0) is 6.61 Å². The zero-order chi connectivity index (χ0) is 17.6. The average Bonchev–Trinajstić information content (AvgIpc) is 2.62. The second-order valence-electron chi connectivity index (χ2n) is 5.35. The van der Waals surface area contributed by atoms with E-state index in [0.29, 0.717) is 22.9 Å². The van der Waals surface area contributed by atoms with E-state index < -0.39 is 5.97 Å². The highest BCUT2D eigenvalue weighted by atomic mass is 35.5. The van der Waals surface area contributed by atoms with Crippen molar-refractivity contribution in [2.75, 3.05) is 5.73 Å². The van der Waals surface area contributed by atoms with Crippen LogP contribution < -0.4 is 15.2 Å². The Labute approximate surface area is 150 Å². The third-order valence-corrected chi connectivity index (χ3v) is 3.70. The molecule has 0 heterocycles. The minimum atomic E-state index is -0.508. The Balaban J connectivity index is 1.84. The van der Waals surface area contributed by atoms with E-state index in [1.54, 1.807) is 30.3 Å². The number of nitrogens with two attached hydrogens (primary N) is 1. The van der Waals surface area contributed by atoms with Crippen molar-refractivity contribution in [3.8, 4) is 11.5 Å². The lowest BCUT2D eigenvalue weighted by Gasteiger charge is -2.14. The Hall–Kier alpha value is -2.98. The molecule has 0 spiro atoms. The monoisotopic (exact) mass is 353 g/mol. The highest BCUT2D eigenvalue weighted by Crippen LogP contribution is 2.37. The largest absolute Gasteiger partial charge is 0.483 e. The van der Waals surface area contributed by atoms with Crippen LogP contribution in [0.2, 0.25) is 5.02 Å². The molecule has 0 aliphatic rings. The number of halogens is 1. The van der Waals surface area contributed by atoms with Crippen molar-refractivity contribution in [3.05, 3.63) is 88.9 Å². The molecule has 4 nitrogen and oxygen atoms in total. The maximum Gasteiger partial charge on any atom is 0.343 e. The van der Waals surface area contributed by atoms with E-state index in [0.717, 1.165) is 5.56 Å². The Morgan fingerprint density at radius 2 is 1.60 bits per heavy atom. The van der Waals surface area contributed by atoms with Crippen molar-refractivity contribution in [1.82, 2.24) is 0 Å². The zero-order valence-electron chi connectivity index (χ0n) is 13.3. The maximum atomic E-state index is 12.3. The van der Waals surface area contributed by atoms with E-state index in [2.05, 4.69) is 0 Å². The molecule has 0 saturated carbocycles. The second-order valence-corrected chi connectivity index (χ2v) is 5.79. The summed E-state index contributed by atoms with van der Waals surface area (Å²) in [6, 6.07) is 21.4. The molecule has 0 atom stereocenters. The van der Waals surface area contributed by atoms with Gasteiger partial charge in [0, 0.05) is 11.1 Å². The topological polar surface area (TPSA) is 61.5 Å². The van der Waals surface area contributed by atoms with E-state index in [4.69, 9.17) is 26.8 Å². The maximum absolute atomic E-state index is 12.3. The van der Waals surface area contributed by atoms with E-state index >= 15 is 0 Å². The number of carbonyl (C=O) groups excluding carboxylic acids is 1.